The topological polar surface area (TPSA) is 72.9 Å². The highest BCUT2D eigenvalue weighted by Crippen LogP contribution is 2.29. The number of amides is 2. The third-order valence-corrected chi connectivity index (χ3v) is 4.86. The molecule has 0 aliphatic carbocycles. The molecule has 2 amide bonds. The van der Waals surface area contributed by atoms with Crippen LogP contribution in [0.5, 0.6) is 11.5 Å². The molecular formula is C24H19NO5. The van der Waals surface area contributed by atoms with E-state index in [0.29, 0.717) is 28.3 Å². The quantitative estimate of drug-likeness (QED) is 0.366. The largest absolute Gasteiger partial charge is 0.481 e. The number of carbonyl (C=O) groups excluding carboxylic acids is 3. The molecular weight excluding hydrogens is 382 g/mol. The fourth-order valence-corrected chi connectivity index (χ4v) is 3.41. The van der Waals surface area contributed by atoms with Gasteiger partial charge in [0, 0.05) is 0 Å². The van der Waals surface area contributed by atoms with Crippen molar-refractivity contribution in [3.8, 4) is 11.5 Å². The molecule has 1 heterocycles. The van der Waals surface area contributed by atoms with Gasteiger partial charge in [-0.1, -0.05) is 30.3 Å². The third-order valence-electron chi connectivity index (χ3n) is 4.86. The molecule has 30 heavy (non-hydrogen) atoms. The van der Waals surface area contributed by atoms with Crippen LogP contribution >= 0.6 is 0 Å². The van der Waals surface area contributed by atoms with Crippen LogP contribution in [0.4, 0.5) is 5.69 Å². The molecule has 4 rings (SSSR count). The molecule has 0 atom stereocenters. The molecule has 0 unspecified atom stereocenters. The minimum absolute atomic E-state index is 0.230. The summed E-state index contributed by atoms with van der Waals surface area (Å²) in [5, 5.41) is 0. The molecule has 3 aromatic rings. The number of fused-ring (bicyclic) bond motifs is 1. The van der Waals surface area contributed by atoms with E-state index in [1.807, 2.05) is 32.0 Å². The van der Waals surface area contributed by atoms with Crippen molar-refractivity contribution in [2.45, 2.75) is 13.8 Å². The summed E-state index contributed by atoms with van der Waals surface area (Å²) in [6.07, 6.45) is 0. The lowest BCUT2D eigenvalue weighted by molar-refractivity contribution is -0.136. The maximum atomic E-state index is 12.5. The summed E-state index contributed by atoms with van der Waals surface area (Å²) in [6, 6.07) is 18.6. The first kappa shape index (κ1) is 19.4. The standard InChI is InChI=1S/C24H19NO5/c1-15-6-5-7-16(2)22(15)29-14-21(26)30-18-12-10-17(11-13-18)25-23(27)19-8-3-4-9-20(19)24(25)28/h3-13H,14H2,1-2H3. The molecule has 3 aromatic carbocycles. The summed E-state index contributed by atoms with van der Waals surface area (Å²) < 4.78 is 10.9. The Hall–Kier alpha value is -3.93. The van der Waals surface area contributed by atoms with Crippen LogP contribution in [0.15, 0.2) is 66.7 Å². The Morgan fingerprint density at radius 2 is 1.37 bits per heavy atom. The fourth-order valence-electron chi connectivity index (χ4n) is 3.41. The predicted octanol–water partition coefficient (Wildman–Crippen LogP) is 4.09. The molecule has 6 nitrogen and oxygen atoms in total. The predicted molar refractivity (Wildman–Crippen MR) is 111 cm³/mol. The van der Waals surface area contributed by atoms with E-state index in [0.717, 1.165) is 16.0 Å². The lowest BCUT2D eigenvalue weighted by Crippen LogP contribution is -2.29. The van der Waals surface area contributed by atoms with E-state index in [2.05, 4.69) is 0 Å². The van der Waals surface area contributed by atoms with Crippen molar-refractivity contribution in [3.63, 3.8) is 0 Å². The van der Waals surface area contributed by atoms with Crippen LogP contribution in [0, 0.1) is 13.8 Å². The normalized spacial score (nSPS) is 12.7. The van der Waals surface area contributed by atoms with Crippen LogP contribution in [-0.2, 0) is 4.79 Å². The van der Waals surface area contributed by atoms with E-state index >= 15 is 0 Å². The number of nitrogens with zero attached hydrogens (tertiary/aromatic N) is 1. The molecule has 0 radical (unpaired) electrons. The van der Waals surface area contributed by atoms with E-state index < -0.39 is 5.97 Å². The highest BCUT2D eigenvalue weighted by molar-refractivity contribution is 6.34. The number of ether oxygens (including phenoxy) is 2. The maximum absolute atomic E-state index is 12.5. The van der Waals surface area contributed by atoms with E-state index in [-0.39, 0.29) is 18.4 Å². The third kappa shape index (κ3) is 3.55. The number of carbonyl (C=O) groups is 3. The molecule has 1 aliphatic heterocycles. The lowest BCUT2D eigenvalue weighted by Gasteiger charge is -2.14. The summed E-state index contributed by atoms with van der Waals surface area (Å²) in [7, 11) is 0. The molecule has 150 valence electrons. The summed E-state index contributed by atoms with van der Waals surface area (Å²) in [6.45, 7) is 3.59. The number of anilines is 1. The Kier molecular flexibility index (Phi) is 5.06. The van der Waals surface area contributed by atoms with Gasteiger partial charge in [-0.25, -0.2) is 9.69 Å². The Labute approximate surface area is 173 Å². The second-order valence-corrected chi connectivity index (χ2v) is 6.97. The maximum Gasteiger partial charge on any atom is 0.349 e. The Balaban J connectivity index is 1.41. The number of imide groups is 1. The van der Waals surface area contributed by atoms with Gasteiger partial charge in [-0.2, -0.15) is 0 Å². The number of aryl methyl sites for hydroxylation is 2. The van der Waals surface area contributed by atoms with Gasteiger partial charge in [0.2, 0.25) is 0 Å². The summed E-state index contributed by atoms with van der Waals surface area (Å²) >= 11 is 0. The average molecular weight is 401 g/mol. The van der Waals surface area contributed by atoms with E-state index in [9.17, 15) is 14.4 Å². The minimum atomic E-state index is -0.550. The van der Waals surface area contributed by atoms with Gasteiger partial charge in [-0.3, -0.25) is 9.59 Å². The van der Waals surface area contributed by atoms with Crippen LogP contribution in [0.25, 0.3) is 0 Å². The molecule has 0 aromatic heterocycles. The number of hydrogen-bond donors (Lipinski definition) is 0. The zero-order valence-electron chi connectivity index (χ0n) is 16.5. The Morgan fingerprint density at radius 3 is 1.93 bits per heavy atom. The summed E-state index contributed by atoms with van der Waals surface area (Å²) in [5.41, 5.74) is 3.04. The van der Waals surface area contributed by atoms with Crippen molar-refractivity contribution in [1.29, 1.82) is 0 Å². The zero-order chi connectivity index (χ0) is 21.3. The van der Waals surface area contributed by atoms with Crippen molar-refractivity contribution in [2.75, 3.05) is 11.5 Å². The van der Waals surface area contributed by atoms with E-state index in [4.69, 9.17) is 9.47 Å². The molecule has 6 heteroatoms. The number of para-hydroxylation sites is 1. The highest BCUT2D eigenvalue weighted by atomic mass is 16.6. The van der Waals surface area contributed by atoms with Crippen LogP contribution < -0.4 is 14.4 Å². The van der Waals surface area contributed by atoms with Crippen molar-refractivity contribution in [2.24, 2.45) is 0 Å². The van der Waals surface area contributed by atoms with Crippen LogP contribution in [0.1, 0.15) is 31.8 Å². The number of benzene rings is 3. The van der Waals surface area contributed by atoms with Gasteiger partial charge in [0.05, 0.1) is 16.8 Å². The van der Waals surface area contributed by atoms with Crippen molar-refractivity contribution in [1.82, 2.24) is 0 Å². The first-order chi connectivity index (χ1) is 14.5. The van der Waals surface area contributed by atoms with Crippen LogP contribution in [-0.4, -0.2) is 24.4 Å². The molecule has 0 spiro atoms. The molecule has 0 fully saturated rings. The zero-order valence-corrected chi connectivity index (χ0v) is 16.5. The van der Waals surface area contributed by atoms with Gasteiger partial charge in [0.15, 0.2) is 6.61 Å². The van der Waals surface area contributed by atoms with Crippen molar-refractivity contribution in [3.05, 3.63) is 89.0 Å². The SMILES string of the molecule is Cc1cccc(C)c1OCC(=O)Oc1ccc(N2C(=O)c3ccccc3C2=O)cc1. The Bertz CT molecular complexity index is 1100. The Morgan fingerprint density at radius 1 is 0.800 bits per heavy atom. The van der Waals surface area contributed by atoms with E-state index in [1.165, 1.54) is 12.1 Å². The molecule has 0 bridgehead atoms. The number of hydrogen-bond acceptors (Lipinski definition) is 5. The molecule has 0 N–H and O–H groups in total. The molecule has 0 saturated heterocycles. The van der Waals surface area contributed by atoms with Gasteiger partial charge in [0.25, 0.3) is 11.8 Å². The van der Waals surface area contributed by atoms with Crippen LogP contribution in [0.3, 0.4) is 0 Å². The van der Waals surface area contributed by atoms with Gasteiger partial charge in [-0.05, 0) is 61.4 Å². The van der Waals surface area contributed by atoms with Gasteiger partial charge in [0.1, 0.15) is 11.5 Å². The minimum Gasteiger partial charge on any atom is -0.481 e. The second kappa shape index (κ2) is 7.83. The molecule has 1 aliphatic rings. The first-order valence-electron chi connectivity index (χ1n) is 9.43. The lowest BCUT2D eigenvalue weighted by atomic mass is 10.1. The summed E-state index contributed by atoms with van der Waals surface area (Å²) in [4.78, 5) is 38.3. The smallest absolute Gasteiger partial charge is 0.349 e. The van der Waals surface area contributed by atoms with Gasteiger partial charge >= 0.3 is 5.97 Å². The second-order valence-electron chi connectivity index (χ2n) is 6.97. The fraction of sp³-hybridized carbons (Fsp3) is 0.125. The van der Waals surface area contributed by atoms with Crippen molar-refractivity contribution < 1.29 is 23.9 Å². The monoisotopic (exact) mass is 401 g/mol. The first-order valence-corrected chi connectivity index (χ1v) is 9.43. The molecule has 0 saturated carbocycles. The van der Waals surface area contributed by atoms with Crippen molar-refractivity contribution >= 4 is 23.5 Å². The van der Waals surface area contributed by atoms with Gasteiger partial charge in [-0.15, -0.1) is 0 Å². The average Bonchev–Trinajstić information content (AvgIpc) is 2.99. The van der Waals surface area contributed by atoms with E-state index in [1.54, 1.807) is 36.4 Å². The van der Waals surface area contributed by atoms with Gasteiger partial charge < -0.3 is 9.47 Å². The van der Waals surface area contributed by atoms with Crippen LogP contribution in [0.2, 0.25) is 0 Å². The highest BCUT2D eigenvalue weighted by Gasteiger charge is 2.36. The number of esters is 1. The number of rotatable bonds is 5. The summed E-state index contributed by atoms with van der Waals surface area (Å²) in [5.74, 6) is -0.336.